The lowest BCUT2D eigenvalue weighted by Crippen LogP contribution is -2.39. The van der Waals surface area contributed by atoms with E-state index in [0.717, 1.165) is 0 Å². The van der Waals surface area contributed by atoms with Gasteiger partial charge in [0, 0.05) is 37.7 Å². The van der Waals surface area contributed by atoms with Gasteiger partial charge >= 0.3 is 11.9 Å². The average Bonchev–Trinajstić information content (AvgIpc) is 2.74. The SMILES string of the molecule is CCN(CC)C(=O)COC(=O)[C@@H](N)CSSC[C@H](N)C(=O)OCC(=O)N(CC)CC. The van der Waals surface area contributed by atoms with Gasteiger partial charge in [0.2, 0.25) is 0 Å². The fourth-order valence-corrected chi connectivity index (χ4v) is 4.41. The Balaban J connectivity index is 4.08. The summed E-state index contributed by atoms with van der Waals surface area (Å²) in [6.45, 7) is 8.84. The van der Waals surface area contributed by atoms with Gasteiger partial charge in [-0.05, 0) is 27.7 Å². The molecule has 0 aliphatic heterocycles. The summed E-state index contributed by atoms with van der Waals surface area (Å²) in [5.41, 5.74) is 11.5. The first kappa shape index (κ1) is 28.5. The first-order chi connectivity index (χ1) is 14.2. The van der Waals surface area contributed by atoms with Gasteiger partial charge in [-0.1, -0.05) is 21.6 Å². The van der Waals surface area contributed by atoms with Crippen LogP contribution in [0.4, 0.5) is 0 Å². The Hall–Kier alpha value is -1.50. The van der Waals surface area contributed by atoms with Crippen LogP contribution in [-0.4, -0.2) is 96.5 Å². The number of likely N-dealkylation sites (N-methyl/N-ethyl adjacent to an activating group) is 2. The Morgan fingerprint density at radius 1 is 0.700 bits per heavy atom. The van der Waals surface area contributed by atoms with Gasteiger partial charge in [-0.2, -0.15) is 0 Å². The van der Waals surface area contributed by atoms with Crippen LogP contribution in [0, 0.1) is 0 Å². The number of hydrogen-bond donors (Lipinski definition) is 2. The Labute approximate surface area is 186 Å². The van der Waals surface area contributed by atoms with Crippen molar-refractivity contribution in [3.05, 3.63) is 0 Å². The molecule has 0 radical (unpaired) electrons. The molecule has 0 heterocycles. The Kier molecular flexibility index (Phi) is 15.4. The monoisotopic (exact) mass is 466 g/mol. The molecule has 10 nitrogen and oxygen atoms in total. The fourth-order valence-electron chi connectivity index (χ4n) is 2.19. The van der Waals surface area contributed by atoms with Crippen LogP contribution in [-0.2, 0) is 28.7 Å². The van der Waals surface area contributed by atoms with E-state index in [1.165, 1.54) is 21.6 Å². The van der Waals surface area contributed by atoms with Crippen LogP contribution >= 0.6 is 21.6 Å². The minimum absolute atomic E-state index is 0.227. The molecule has 0 aromatic carbocycles. The van der Waals surface area contributed by atoms with Gasteiger partial charge < -0.3 is 30.7 Å². The highest BCUT2D eigenvalue weighted by Crippen LogP contribution is 2.22. The molecule has 0 aromatic rings. The second kappa shape index (κ2) is 16.2. The van der Waals surface area contributed by atoms with Gasteiger partial charge in [0.1, 0.15) is 12.1 Å². The molecular formula is C18H34N4O6S2. The number of carbonyl (C=O) groups is 4. The molecule has 174 valence electrons. The lowest BCUT2D eigenvalue weighted by atomic mass is 10.4. The molecule has 0 bridgehead atoms. The van der Waals surface area contributed by atoms with E-state index < -0.39 is 24.0 Å². The number of amides is 2. The largest absolute Gasteiger partial charge is 0.454 e. The van der Waals surface area contributed by atoms with Crippen molar-refractivity contribution in [3.63, 3.8) is 0 Å². The third-order valence-corrected chi connectivity index (χ3v) is 6.57. The molecule has 4 N–H and O–H groups in total. The molecule has 0 spiro atoms. The molecule has 0 rings (SSSR count). The Morgan fingerprint density at radius 3 is 1.27 bits per heavy atom. The first-order valence-corrected chi connectivity index (χ1v) is 12.3. The van der Waals surface area contributed by atoms with Crippen molar-refractivity contribution in [1.82, 2.24) is 9.80 Å². The molecule has 0 aliphatic rings. The van der Waals surface area contributed by atoms with Gasteiger partial charge in [-0.15, -0.1) is 0 Å². The van der Waals surface area contributed by atoms with Gasteiger partial charge in [0.15, 0.2) is 13.2 Å². The summed E-state index contributed by atoms with van der Waals surface area (Å²) in [6.07, 6.45) is 0. The van der Waals surface area contributed by atoms with Crippen molar-refractivity contribution in [3.8, 4) is 0 Å². The standard InChI is InChI=1S/C18H34N4O6S2/c1-5-21(6-2)15(23)9-27-17(25)13(19)11-29-30-12-14(20)18(26)28-10-16(24)22(7-3)8-4/h13-14H,5-12,19-20H2,1-4H3/t13-,14-/m0/s1. The van der Waals surface area contributed by atoms with Crippen molar-refractivity contribution in [1.29, 1.82) is 0 Å². The van der Waals surface area contributed by atoms with Crippen LogP contribution in [0.5, 0.6) is 0 Å². The van der Waals surface area contributed by atoms with Crippen LogP contribution in [0.3, 0.4) is 0 Å². The minimum atomic E-state index is -0.901. The molecule has 12 heteroatoms. The van der Waals surface area contributed by atoms with E-state index >= 15 is 0 Å². The van der Waals surface area contributed by atoms with Gasteiger partial charge in [-0.25, -0.2) is 0 Å². The van der Waals surface area contributed by atoms with Crippen molar-refractivity contribution in [2.75, 3.05) is 50.9 Å². The summed E-state index contributed by atoms with van der Waals surface area (Å²) in [5, 5.41) is 0. The number of rotatable bonds is 15. The first-order valence-electron chi connectivity index (χ1n) is 9.85. The van der Waals surface area contributed by atoms with E-state index in [1.54, 1.807) is 9.80 Å². The maximum Gasteiger partial charge on any atom is 0.324 e. The molecule has 0 fully saturated rings. The second-order valence-electron chi connectivity index (χ2n) is 6.13. The lowest BCUT2D eigenvalue weighted by molar-refractivity contribution is -0.152. The van der Waals surface area contributed by atoms with Crippen LogP contribution in [0.2, 0.25) is 0 Å². The Morgan fingerprint density at radius 2 is 1.00 bits per heavy atom. The summed E-state index contributed by atoms with van der Waals surface area (Å²) >= 11 is 0. The average molecular weight is 467 g/mol. The predicted molar refractivity (Wildman–Crippen MR) is 119 cm³/mol. The molecule has 2 atom stereocenters. The smallest absolute Gasteiger partial charge is 0.324 e. The second-order valence-corrected chi connectivity index (χ2v) is 8.68. The number of nitrogens with zero attached hydrogens (tertiary/aromatic N) is 2. The van der Waals surface area contributed by atoms with Crippen molar-refractivity contribution >= 4 is 45.3 Å². The maximum absolute atomic E-state index is 11.9. The number of ether oxygens (including phenoxy) is 2. The highest BCUT2D eigenvalue weighted by molar-refractivity contribution is 8.76. The van der Waals surface area contributed by atoms with E-state index in [-0.39, 0.29) is 36.5 Å². The van der Waals surface area contributed by atoms with E-state index in [4.69, 9.17) is 20.9 Å². The molecule has 0 aromatic heterocycles. The number of carbonyl (C=O) groups excluding carboxylic acids is 4. The molecule has 0 saturated carbocycles. The predicted octanol–water partition coefficient (Wildman–Crippen LogP) is -0.154. The van der Waals surface area contributed by atoms with E-state index in [2.05, 4.69) is 0 Å². The topological polar surface area (TPSA) is 145 Å². The zero-order valence-corrected chi connectivity index (χ0v) is 19.8. The number of esters is 2. The summed E-state index contributed by atoms with van der Waals surface area (Å²) in [6, 6.07) is -1.80. The summed E-state index contributed by atoms with van der Waals surface area (Å²) in [7, 11) is 2.51. The summed E-state index contributed by atoms with van der Waals surface area (Å²) < 4.78 is 9.89. The third-order valence-electron chi connectivity index (χ3n) is 4.09. The Bertz CT molecular complexity index is 511. The van der Waals surface area contributed by atoms with Gasteiger partial charge in [-0.3, -0.25) is 19.2 Å². The molecule has 0 saturated heterocycles. The van der Waals surface area contributed by atoms with E-state index in [0.29, 0.717) is 26.2 Å². The van der Waals surface area contributed by atoms with Crippen LogP contribution in [0.25, 0.3) is 0 Å². The van der Waals surface area contributed by atoms with Gasteiger partial charge in [0.05, 0.1) is 0 Å². The molecular weight excluding hydrogens is 432 g/mol. The van der Waals surface area contributed by atoms with Crippen molar-refractivity contribution in [2.24, 2.45) is 11.5 Å². The zero-order chi connectivity index (χ0) is 23.1. The molecule has 0 aliphatic carbocycles. The van der Waals surface area contributed by atoms with Crippen molar-refractivity contribution < 1.29 is 28.7 Å². The molecule has 0 unspecified atom stereocenters. The maximum atomic E-state index is 11.9. The number of hydrogen-bond acceptors (Lipinski definition) is 10. The van der Waals surface area contributed by atoms with Crippen LogP contribution in [0.1, 0.15) is 27.7 Å². The highest BCUT2D eigenvalue weighted by atomic mass is 33.1. The van der Waals surface area contributed by atoms with Crippen LogP contribution in [0.15, 0.2) is 0 Å². The lowest BCUT2D eigenvalue weighted by Gasteiger charge is -2.19. The molecule has 30 heavy (non-hydrogen) atoms. The highest BCUT2D eigenvalue weighted by Gasteiger charge is 2.21. The summed E-state index contributed by atoms with van der Waals surface area (Å²) in [4.78, 5) is 50.5. The van der Waals surface area contributed by atoms with E-state index in [1.807, 2.05) is 27.7 Å². The van der Waals surface area contributed by atoms with E-state index in [9.17, 15) is 19.2 Å². The van der Waals surface area contributed by atoms with Crippen LogP contribution < -0.4 is 11.5 Å². The minimum Gasteiger partial charge on any atom is -0.454 e. The summed E-state index contributed by atoms with van der Waals surface area (Å²) in [5.74, 6) is -1.42. The third kappa shape index (κ3) is 11.0. The molecule has 2 amide bonds. The normalized spacial score (nSPS) is 12.6. The van der Waals surface area contributed by atoms with Crippen molar-refractivity contribution in [2.45, 2.75) is 39.8 Å². The van der Waals surface area contributed by atoms with Gasteiger partial charge in [0.25, 0.3) is 11.8 Å². The zero-order valence-electron chi connectivity index (χ0n) is 18.1. The number of nitrogens with two attached hydrogens (primary N) is 2. The fraction of sp³-hybridized carbons (Fsp3) is 0.778. The quantitative estimate of drug-likeness (QED) is 0.190.